The molecule has 2 nitrogen and oxygen atoms in total. The molecule has 3 atom stereocenters. The first-order valence-electron chi connectivity index (χ1n) is 7.40. The summed E-state index contributed by atoms with van der Waals surface area (Å²) in [4.78, 5) is 2.63. The molecule has 0 amide bonds. The Morgan fingerprint density at radius 3 is 2.84 bits per heavy atom. The Bertz CT molecular complexity index is 444. The van der Waals surface area contributed by atoms with E-state index in [1.165, 1.54) is 25.3 Å². The number of nitrogens with zero attached hydrogens (tertiary/aromatic N) is 1. The number of hydrogen-bond acceptors (Lipinski definition) is 2. The van der Waals surface area contributed by atoms with E-state index in [0.29, 0.717) is 12.1 Å². The lowest BCUT2D eigenvalue weighted by atomic mass is 10.1. The maximum absolute atomic E-state index is 13.2. The minimum absolute atomic E-state index is 0.148. The van der Waals surface area contributed by atoms with E-state index in [-0.39, 0.29) is 11.9 Å². The lowest BCUT2D eigenvalue weighted by Gasteiger charge is -2.21. The fourth-order valence-corrected chi connectivity index (χ4v) is 3.32. The van der Waals surface area contributed by atoms with Gasteiger partial charge in [-0.1, -0.05) is 12.1 Å². The molecule has 1 saturated carbocycles. The predicted molar refractivity (Wildman–Crippen MR) is 75.5 cm³/mol. The van der Waals surface area contributed by atoms with Crippen LogP contribution in [0, 0.1) is 5.82 Å². The number of hydrogen-bond donors (Lipinski definition) is 1. The van der Waals surface area contributed by atoms with Crippen molar-refractivity contribution in [1.29, 1.82) is 0 Å². The van der Waals surface area contributed by atoms with Crippen molar-refractivity contribution >= 4 is 0 Å². The van der Waals surface area contributed by atoms with Crippen molar-refractivity contribution in [2.24, 2.45) is 0 Å². The van der Waals surface area contributed by atoms with Gasteiger partial charge in [-0.2, -0.15) is 0 Å². The van der Waals surface area contributed by atoms with Gasteiger partial charge in [0.05, 0.1) is 0 Å². The van der Waals surface area contributed by atoms with Gasteiger partial charge in [-0.15, -0.1) is 0 Å². The second kappa shape index (κ2) is 5.22. The summed E-state index contributed by atoms with van der Waals surface area (Å²) in [6, 6.07) is 9.20. The van der Waals surface area contributed by atoms with Crippen LogP contribution >= 0.6 is 0 Å². The van der Waals surface area contributed by atoms with E-state index in [1.807, 2.05) is 6.07 Å². The molecule has 104 valence electrons. The van der Waals surface area contributed by atoms with Crippen LogP contribution in [0.5, 0.6) is 0 Å². The van der Waals surface area contributed by atoms with Gasteiger partial charge in [-0.25, -0.2) is 4.39 Å². The molecule has 1 aromatic carbocycles. The van der Waals surface area contributed by atoms with Crippen LogP contribution in [0.2, 0.25) is 0 Å². The number of rotatable bonds is 4. The highest BCUT2D eigenvalue weighted by Crippen LogP contribution is 2.33. The van der Waals surface area contributed by atoms with Crippen molar-refractivity contribution in [3.05, 3.63) is 35.6 Å². The van der Waals surface area contributed by atoms with Crippen molar-refractivity contribution in [3.8, 4) is 0 Å². The van der Waals surface area contributed by atoms with Gasteiger partial charge in [0, 0.05) is 30.7 Å². The molecule has 0 bridgehead atoms. The molecule has 2 aliphatic rings. The number of halogens is 1. The van der Waals surface area contributed by atoms with Gasteiger partial charge in [-0.05, 0) is 50.8 Å². The average Bonchev–Trinajstić information content (AvgIpc) is 3.14. The van der Waals surface area contributed by atoms with Gasteiger partial charge in [0.15, 0.2) is 0 Å². The van der Waals surface area contributed by atoms with E-state index in [0.717, 1.165) is 18.2 Å². The Morgan fingerprint density at radius 2 is 2.16 bits per heavy atom. The Balaban J connectivity index is 1.59. The Morgan fingerprint density at radius 1 is 1.37 bits per heavy atom. The van der Waals surface area contributed by atoms with E-state index >= 15 is 0 Å². The molecule has 1 aliphatic heterocycles. The third-order valence-corrected chi connectivity index (χ3v) is 4.47. The fraction of sp³-hybridized carbons (Fsp3) is 0.625. The van der Waals surface area contributed by atoms with Crippen LogP contribution in [0.4, 0.5) is 4.39 Å². The highest BCUT2D eigenvalue weighted by Gasteiger charge is 2.38. The molecule has 0 radical (unpaired) electrons. The molecule has 2 fully saturated rings. The predicted octanol–water partition coefficient (Wildman–Crippen LogP) is 3.10. The summed E-state index contributed by atoms with van der Waals surface area (Å²) in [5, 5.41) is 3.66. The minimum atomic E-state index is -0.148. The van der Waals surface area contributed by atoms with Crippen LogP contribution in [-0.4, -0.2) is 29.6 Å². The van der Waals surface area contributed by atoms with Gasteiger partial charge in [-0.3, -0.25) is 4.90 Å². The summed E-state index contributed by atoms with van der Waals surface area (Å²) in [7, 11) is 0. The molecule has 19 heavy (non-hydrogen) atoms. The molecule has 1 N–H and O–H groups in total. The van der Waals surface area contributed by atoms with Crippen molar-refractivity contribution in [1.82, 2.24) is 10.2 Å². The normalized spacial score (nSPS) is 29.6. The van der Waals surface area contributed by atoms with Crippen molar-refractivity contribution in [2.45, 2.75) is 57.3 Å². The third-order valence-electron chi connectivity index (χ3n) is 4.47. The van der Waals surface area contributed by atoms with Crippen molar-refractivity contribution in [3.63, 3.8) is 0 Å². The summed E-state index contributed by atoms with van der Waals surface area (Å²) >= 11 is 0. The first kappa shape index (κ1) is 13.1. The molecule has 1 heterocycles. The maximum atomic E-state index is 13.2. The van der Waals surface area contributed by atoms with Crippen molar-refractivity contribution in [2.75, 3.05) is 6.54 Å². The zero-order valence-corrected chi connectivity index (χ0v) is 11.8. The SMILES string of the molecule is CC1CC(N[C@@H](C)c2cccc(F)c2)CN1C1CC1. The first-order chi connectivity index (χ1) is 9.13. The number of nitrogens with one attached hydrogen (secondary N) is 1. The summed E-state index contributed by atoms with van der Waals surface area (Å²) in [5.74, 6) is -0.148. The van der Waals surface area contributed by atoms with Gasteiger partial charge < -0.3 is 5.32 Å². The van der Waals surface area contributed by atoms with Gasteiger partial charge >= 0.3 is 0 Å². The van der Waals surface area contributed by atoms with E-state index in [2.05, 4.69) is 24.1 Å². The zero-order valence-electron chi connectivity index (χ0n) is 11.8. The van der Waals surface area contributed by atoms with Crippen LogP contribution < -0.4 is 5.32 Å². The van der Waals surface area contributed by atoms with Gasteiger partial charge in [0.2, 0.25) is 0 Å². The monoisotopic (exact) mass is 262 g/mol. The average molecular weight is 262 g/mol. The summed E-state index contributed by atoms with van der Waals surface area (Å²) < 4.78 is 13.2. The first-order valence-corrected chi connectivity index (χ1v) is 7.40. The summed E-state index contributed by atoms with van der Waals surface area (Å²) in [5.41, 5.74) is 1.04. The largest absolute Gasteiger partial charge is 0.306 e. The molecule has 3 rings (SSSR count). The smallest absolute Gasteiger partial charge is 0.123 e. The second-order valence-corrected chi connectivity index (χ2v) is 6.15. The Hall–Kier alpha value is -0.930. The van der Waals surface area contributed by atoms with Crippen molar-refractivity contribution < 1.29 is 4.39 Å². The van der Waals surface area contributed by atoms with Crippen LogP contribution in [0.1, 0.15) is 44.7 Å². The highest BCUT2D eigenvalue weighted by atomic mass is 19.1. The van der Waals surface area contributed by atoms with Crippen LogP contribution in [-0.2, 0) is 0 Å². The van der Waals surface area contributed by atoms with Gasteiger partial charge in [0.1, 0.15) is 5.82 Å². The topological polar surface area (TPSA) is 15.3 Å². The molecular formula is C16H23FN2. The van der Waals surface area contributed by atoms with E-state index in [4.69, 9.17) is 0 Å². The summed E-state index contributed by atoms with van der Waals surface area (Å²) in [6.45, 7) is 5.59. The van der Waals surface area contributed by atoms with Gasteiger partial charge in [0.25, 0.3) is 0 Å². The van der Waals surface area contributed by atoms with Crippen LogP contribution in [0.15, 0.2) is 24.3 Å². The Kier molecular flexibility index (Phi) is 3.59. The third kappa shape index (κ3) is 2.98. The number of likely N-dealkylation sites (tertiary alicyclic amines) is 1. The minimum Gasteiger partial charge on any atom is -0.306 e. The molecule has 1 aliphatic carbocycles. The maximum Gasteiger partial charge on any atom is 0.123 e. The molecule has 0 aromatic heterocycles. The molecular weight excluding hydrogens is 239 g/mol. The zero-order chi connectivity index (χ0) is 13.4. The lowest BCUT2D eigenvalue weighted by Crippen LogP contribution is -2.35. The highest BCUT2D eigenvalue weighted by molar-refractivity contribution is 5.19. The van der Waals surface area contributed by atoms with E-state index < -0.39 is 0 Å². The molecule has 2 unspecified atom stereocenters. The van der Waals surface area contributed by atoms with Crippen LogP contribution in [0.25, 0.3) is 0 Å². The summed E-state index contributed by atoms with van der Waals surface area (Å²) in [6.07, 6.45) is 3.95. The quantitative estimate of drug-likeness (QED) is 0.897. The molecule has 1 saturated heterocycles. The van der Waals surface area contributed by atoms with E-state index in [9.17, 15) is 4.39 Å². The lowest BCUT2D eigenvalue weighted by molar-refractivity contribution is 0.254. The van der Waals surface area contributed by atoms with Crippen LogP contribution in [0.3, 0.4) is 0 Å². The standard InChI is InChI=1S/C16H23FN2/c1-11-8-15(10-19(11)16-6-7-16)18-12(2)13-4-3-5-14(17)9-13/h3-5,9,11-12,15-16,18H,6-8,10H2,1-2H3/t11?,12-,15?/m0/s1. The molecule has 0 spiro atoms. The van der Waals surface area contributed by atoms with E-state index in [1.54, 1.807) is 12.1 Å². The molecule has 1 aromatic rings. The second-order valence-electron chi connectivity index (χ2n) is 6.15. The number of benzene rings is 1. The fourth-order valence-electron chi connectivity index (χ4n) is 3.32. The Labute approximate surface area is 115 Å². The molecule has 3 heteroatoms.